The largest absolute Gasteiger partial charge is 0.373 e. The Kier molecular flexibility index (Phi) is 3.58. The summed E-state index contributed by atoms with van der Waals surface area (Å²) in [6.07, 6.45) is 6.30. The maximum absolute atomic E-state index is 4.76. The second-order valence-electron chi connectivity index (χ2n) is 5.88. The van der Waals surface area contributed by atoms with Gasteiger partial charge in [0.2, 0.25) is 0 Å². The van der Waals surface area contributed by atoms with Crippen LogP contribution in [0.2, 0.25) is 0 Å². The molecule has 0 bridgehead atoms. The highest BCUT2D eigenvalue weighted by Crippen LogP contribution is 2.39. The quantitative estimate of drug-likeness (QED) is 0.903. The third-order valence-electron chi connectivity index (χ3n) is 4.54. The Morgan fingerprint density at radius 1 is 1.26 bits per heavy atom. The van der Waals surface area contributed by atoms with Crippen molar-refractivity contribution < 1.29 is 0 Å². The third-order valence-corrected chi connectivity index (χ3v) is 4.54. The molecule has 2 fully saturated rings. The van der Waals surface area contributed by atoms with Crippen molar-refractivity contribution in [2.45, 2.75) is 39.0 Å². The van der Waals surface area contributed by atoms with Gasteiger partial charge in [-0.15, -0.1) is 0 Å². The molecule has 2 heterocycles. The molecule has 1 saturated carbocycles. The summed E-state index contributed by atoms with van der Waals surface area (Å²) in [5.74, 6) is 4.86. The molecule has 1 saturated heterocycles. The predicted molar refractivity (Wildman–Crippen MR) is 78.6 cm³/mol. The number of nitrogens with zero attached hydrogens (tertiary/aromatic N) is 3. The molecule has 1 aliphatic heterocycles. The van der Waals surface area contributed by atoms with Gasteiger partial charge < -0.3 is 10.2 Å². The number of hydrogen-bond donors (Lipinski definition) is 1. The number of hydrogen-bond acceptors (Lipinski definition) is 4. The van der Waals surface area contributed by atoms with E-state index in [1.165, 1.54) is 32.4 Å². The molecule has 0 spiro atoms. The fourth-order valence-electron chi connectivity index (χ4n) is 3.53. The zero-order valence-corrected chi connectivity index (χ0v) is 12.0. The zero-order valence-electron chi connectivity index (χ0n) is 12.0. The second-order valence-corrected chi connectivity index (χ2v) is 5.88. The Bertz CT molecular complexity index is 434. The van der Waals surface area contributed by atoms with Gasteiger partial charge in [0.1, 0.15) is 17.5 Å². The Morgan fingerprint density at radius 2 is 2.00 bits per heavy atom. The van der Waals surface area contributed by atoms with Crippen molar-refractivity contribution in [2.75, 3.05) is 30.4 Å². The van der Waals surface area contributed by atoms with Gasteiger partial charge >= 0.3 is 0 Å². The van der Waals surface area contributed by atoms with Crippen molar-refractivity contribution in [1.82, 2.24) is 9.97 Å². The summed E-state index contributed by atoms with van der Waals surface area (Å²) >= 11 is 0. The minimum Gasteiger partial charge on any atom is -0.373 e. The fourth-order valence-corrected chi connectivity index (χ4v) is 3.53. The van der Waals surface area contributed by atoms with Crippen LogP contribution in [0.15, 0.2) is 6.07 Å². The van der Waals surface area contributed by atoms with Crippen LogP contribution in [0.4, 0.5) is 11.6 Å². The molecule has 2 unspecified atom stereocenters. The van der Waals surface area contributed by atoms with Crippen LogP contribution in [0.1, 0.15) is 38.4 Å². The molecular formula is C15H24N4. The van der Waals surface area contributed by atoms with Gasteiger partial charge in [0.15, 0.2) is 0 Å². The fraction of sp³-hybridized carbons (Fsp3) is 0.733. The first-order chi connectivity index (χ1) is 9.30. The topological polar surface area (TPSA) is 41.1 Å². The normalized spacial score (nSPS) is 25.7. The number of rotatable bonds is 4. The lowest BCUT2D eigenvalue weighted by Crippen LogP contribution is -2.22. The van der Waals surface area contributed by atoms with Gasteiger partial charge in [-0.25, -0.2) is 9.97 Å². The van der Waals surface area contributed by atoms with E-state index in [4.69, 9.17) is 4.98 Å². The summed E-state index contributed by atoms with van der Waals surface area (Å²) in [6, 6.07) is 2.10. The van der Waals surface area contributed by atoms with Crippen LogP contribution in [-0.2, 0) is 6.42 Å². The van der Waals surface area contributed by atoms with Crippen LogP contribution in [0, 0.1) is 11.8 Å². The first kappa shape index (κ1) is 12.7. The average molecular weight is 260 g/mol. The number of anilines is 2. The van der Waals surface area contributed by atoms with Crippen molar-refractivity contribution >= 4 is 11.6 Å². The molecule has 0 amide bonds. The molecule has 0 aromatic carbocycles. The van der Waals surface area contributed by atoms with Gasteiger partial charge in [-0.05, 0) is 31.1 Å². The smallest absolute Gasteiger partial charge is 0.134 e. The van der Waals surface area contributed by atoms with E-state index in [0.717, 1.165) is 42.1 Å². The molecule has 1 aromatic rings. The van der Waals surface area contributed by atoms with E-state index in [-0.39, 0.29) is 0 Å². The number of nitrogens with one attached hydrogen (secondary N) is 1. The van der Waals surface area contributed by atoms with Gasteiger partial charge in [-0.3, -0.25) is 0 Å². The van der Waals surface area contributed by atoms with E-state index in [0.29, 0.717) is 0 Å². The molecule has 2 atom stereocenters. The van der Waals surface area contributed by atoms with Gasteiger partial charge in [0.05, 0.1) is 0 Å². The predicted octanol–water partition coefficient (Wildman–Crippen LogP) is 2.71. The molecule has 1 N–H and O–H groups in total. The van der Waals surface area contributed by atoms with Crippen LogP contribution >= 0.6 is 0 Å². The number of aromatic nitrogens is 2. The molecule has 19 heavy (non-hydrogen) atoms. The highest BCUT2D eigenvalue weighted by molar-refractivity contribution is 5.50. The van der Waals surface area contributed by atoms with Crippen molar-refractivity contribution in [3.05, 3.63) is 11.9 Å². The van der Waals surface area contributed by atoms with Crippen molar-refractivity contribution in [3.8, 4) is 0 Å². The molecule has 1 aromatic heterocycles. The highest BCUT2D eigenvalue weighted by atomic mass is 15.2. The zero-order chi connectivity index (χ0) is 13.2. The maximum Gasteiger partial charge on any atom is 0.134 e. The van der Waals surface area contributed by atoms with Crippen LogP contribution < -0.4 is 10.2 Å². The van der Waals surface area contributed by atoms with Crippen LogP contribution in [0.3, 0.4) is 0 Å². The minimum absolute atomic E-state index is 0.905. The Balaban J connectivity index is 1.81. The summed E-state index contributed by atoms with van der Waals surface area (Å²) in [6.45, 7) is 4.56. The Hall–Kier alpha value is -1.32. The van der Waals surface area contributed by atoms with Gasteiger partial charge in [-0.1, -0.05) is 13.3 Å². The molecule has 104 valence electrons. The van der Waals surface area contributed by atoms with Crippen molar-refractivity contribution in [3.63, 3.8) is 0 Å². The molecule has 4 heteroatoms. The second kappa shape index (κ2) is 5.35. The van der Waals surface area contributed by atoms with E-state index in [1.807, 2.05) is 7.05 Å². The van der Waals surface area contributed by atoms with E-state index in [9.17, 15) is 0 Å². The standard InChI is InChI=1S/C15H24N4/c1-3-5-13-17-14(16-2)8-15(18-13)19-9-11-6-4-7-12(11)10-19/h8,11-12H,3-7,9-10H2,1-2H3,(H,16,17,18). The summed E-state index contributed by atoms with van der Waals surface area (Å²) in [7, 11) is 1.93. The Labute approximate surface area is 115 Å². The maximum atomic E-state index is 4.76. The molecule has 1 aliphatic carbocycles. The highest BCUT2D eigenvalue weighted by Gasteiger charge is 2.36. The van der Waals surface area contributed by atoms with E-state index < -0.39 is 0 Å². The third kappa shape index (κ3) is 2.53. The lowest BCUT2D eigenvalue weighted by atomic mass is 10.0. The monoisotopic (exact) mass is 260 g/mol. The molecule has 4 nitrogen and oxygen atoms in total. The average Bonchev–Trinajstić information content (AvgIpc) is 2.99. The van der Waals surface area contributed by atoms with Crippen LogP contribution in [0.5, 0.6) is 0 Å². The van der Waals surface area contributed by atoms with Crippen molar-refractivity contribution in [1.29, 1.82) is 0 Å². The van der Waals surface area contributed by atoms with Gasteiger partial charge in [-0.2, -0.15) is 0 Å². The lowest BCUT2D eigenvalue weighted by molar-refractivity contribution is 0.494. The summed E-state index contributed by atoms with van der Waals surface area (Å²) in [5, 5.41) is 3.16. The molecule has 2 aliphatic rings. The number of fused-ring (bicyclic) bond motifs is 1. The Morgan fingerprint density at radius 3 is 2.63 bits per heavy atom. The SMILES string of the molecule is CCCc1nc(NC)cc(N2CC3CCCC3C2)n1. The molecular weight excluding hydrogens is 236 g/mol. The summed E-state index contributed by atoms with van der Waals surface area (Å²) < 4.78 is 0. The first-order valence-electron chi connectivity index (χ1n) is 7.60. The lowest BCUT2D eigenvalue weighted by Gasteiger charge is -2.19. The minimum atomic E-state index is 0.905. The van der Waals surface area contributed by atoms with Crippen molar-refractivity contribution in [2.24, 2.45) is 11.8 Å². The van der Waals surface area contributed by atoms with Crippen LogP contribution in [0.25, 0.3) is 0 Å². The van der Waals surface area contributed by atoms with Gasteiger partial charge in [0, 0.05) is 32.6 Å². The van der Waals surface area contributed by atoms with Gasteiger partial charge in [0.25, 0.3) is 0 Å². The van der Waals surface area contributed by atoms with Crippen LogP contribution in [-0.4, -0.2) is 30.1 Å². The molecule has 0 radical (unpaired) electrons. The van der Waals surface area contributed by atoms with E-state index >= 15 is 0 Å². The summed E-state index contributed by atoms with van der Waals surface area (Å²) in [5.41, 5.74) is 0. The number of aryl methyl sites for hydroxylation is 1. The van der Waals surface area contributed by atoms with E-state index in [1.54, 1.807) is 0 Å². The summed E-state index contributed by atoms with van der Waals surface area (Å²) in [4.78, 5) is 11.8. The molecule has 3 rings (SSSR count). The first-order valence-corrected chi connectivity index (χ1v) is 7.60. The van der Waals surface area contributed by atoms with E-state index in [2.05, 4.69) is 28.2 Å².